The molecule has 2 atom stereocenters. The lowest BCUT2D eigenvalue weighted by Crippen LogP contribution is -2.38. The Kier molecular flexibility index (Phi) is 3.91. The number of amides is 3. The van der Waals surface area contributed by atoms with Crippen molar-refractivity contribution >= 4 is 22.5 Å². The molecule has 4 heterocycles. The maximum Gasteiger partial charge on any atom is 0.418 e. The number of urea groups is 1. The van der Waals surface area contributed by atoms with Gasteiger partial charge in [0.25, 0.3) is 0 Å². The fourth-order valence-electron chi connectivity index (χ4n) is 3.72. The summed E-state index contributed by atoms with van der Waals surface area (Å²) in [6, 6.07) is -2.45. The number of likely N-dealkylation sites (tertiary alicyclic amines) is 1. The molecule has 0 saturated carbocycles. The van der Waals surface area contributed by atoms with Crippen molar-refractivity contribution in [3.8, 4) is 0 Å². The summed E-state index contributed by atoms with van der Waals surface area (Å²) in [4.78, 5) is 28.0. The van der Waals surface area contributed by atoms with E-state index >= 15 is 0 Å². The lowest BCUT2D eigenvalue weighted by atomic mass is 9.98. The second-order valence-corrected chi connectivity index (χ2v) is 7.43. The van der Waals surface area contributed by atoms with Gasteiger partial charge in [-0.15, -0.1) is 4.28 Å². The van der Waals surface area contributed by atoms with Gasteiger partial charge in [-0.3, -0.25) is 4.55 Å². The minimum Gasteiger partial charge on any atom is -0.328 e. The summed E-state index contributed by atoms with van der Waals surface area (Å²) < 4.78 is 36.8. The molecule has 2 saturated heterocycles. The fraction of sp³-hybridized carbons (Fsp3) is 0.615. The van der Waals surface area contributed by atoms with Gasteiger partial charge < -0.3 is 15.5 Å². The van der Waals surface area contributed by atoms with Crippen LogP contribution in [0.2, 0.25) is 0 Å². The van der Waals surface area contributed by atoms with Gasteiger partial charge in [-0.05, 0) is 12.8 Å². The van der Waals surface area contributed by atoms with Crippen LogP contribution in [0.5, 0.6) is 0 Å². The molecule has 4 rings (SSSR count). The molecule has 3 amide bonds. The van der Waals surface area contributed by atoms with Crippen molar-refractivity contribution in [3.63, 3.8) is 0 Å². The van der Waals surface area contributed by atoms with Gasteiger partial charge in [-0.2, -0.15) is 23.3 Å². The van der Waals surface area contributed by atoms with Crippen molar-refractivity contribution in [2.24, 2.45) is 5.73 Å². The van der Waals surface area contributed by atoms with E-state index in [4.69, 9.17) is 10.3 Å². The highest BCUT2D eigenvalue weighted by Gasteiger charge is 2.51. The number of fused-ring (bicyclic) bond motifs is 4. The van der Waals surface area contributed by atoms with Crippen molar-refractivity contribution in [3.05, 3.63) is 17.5 Å². The third kappa shape index (κ3) is 2.63. The Hall–Kier alpha value is -2.22. The average Bonchev–Trinajstić information content (AvgIpc) is 3.29. The van der Waals surface area contributed by atoms with Gasteiger partial charge in [0.05, 0.1) is 18.3 Å². The van der Waals surface area contributed by atoms with Crippen molar-refractivity contribution < 1.29 is 26.8 Å². The highest BCUT2D eigenvalue weighted by Crippen LogP contribution is 2.43. The first-order valence-corrected chi connectivity index (χ1v) is 9.52. The smallest absolute Gasteiger partial charge is 0.328 e. The molecule has 1 unspecified atom stereocenters. The van der Waals surface area contributed by atoms with Crippen LogP contribution in [-0.2, 0) is 14.7 Å². The van der Waals surface area contributed by atoms with E-state index in [9.17, 15) is 18.0 Å². The SMILES string of the molecule is NCC1c2nn(C(=O)N3CCCC3)cc2[C@H]2CN1C(=O)N2OS(=O)(=O)O. The van der Waals surface area contributed by atoms with E-state index in [1.807, 2.05) is 0 Å². The highest BCUT2D eigenvalue weighted by atomic mass is 32.3. The molecule has 13 heteroatoms. The Bertz CT molecular complexity index is 862. The number of carbonyl (C=O) groups is 2. The Balaban J connectivity index is 1.72. The number of aromatic nitrogens is 2. The summed E-state index contributed by atoms with van der Waals surface area (Å²) in [7, 11) is -4.88. The number of nitrogens with zero attached hydrogens (tertiary/aromatic N) is 5. The first-order valence-electron chi connectivity index (χ1n) is 8.16. The quantitative estimate of drug-likeness (QED) is 0.658. The van der Waals surface area contributed by atoms with Crippen LogP contribution in [0.25, 0.3) is 0 Å². The van der Waals surface area contributed by atoms with Gasteiger partial charge >= 0.3 is 22.5 Å². The van der Waals surface area contributed by atoms with E-state index in [0.717, 1.165) is 12.8 Å². The number of hydrogen-bond donors (Lipinski definition) is 2. The van der Waals surface area contributed by atoms with Gasteiger partial charge in [0.1, 0.15) is 6.04 Å². The molecule has 3 aliphatic heterocycles. The lowest BCUT2D eigenvalue weighted by Gasteiger charge is -2.28. The second kappa shape index (κ2) is 5.90. The molecule has 0 radical (unpaired) electrons. The Labute approximate surface area is 149 Å². The zero-order valence-electron chi connectivity index (χ0n) is 13.7. The van der Waals surface area contributed by atoms with E-state index in [1.54, 1.807) is 4.90 Å². The monoisotopic (exact) mass is 386 g/mol. The predicted octanol–water partition coefficient (Wildman–Crippen LogP) is -0.526. The molecule has 2 bridgehead atoms. The summed E-state index contributed by atoms with van der Waals surface area (Å²) in [5.74, 6) is 0. The number of hydrogen-bond acceptors (Lipinski definition) is 7. The molecule has 1 aromatic rings. The van der Waals surface area contributed by atoms with Crippen LogP contribution in [0.15, 0.2) is 6.20 Å². The molecular formula is C13H18N6O6S. The molecule has 3 N–H and O–H groups in total. The molecule has 12 nitrogen and oxygen atoms in total. The maximum atomic E-state index is 12.6. The molecule has 0 spiro atoms. The summed E-state index contributed by atoms with van der Waals surface area (Å²) >= 11 is 0. The zero-order valence-corrected chi connectivity index (χ0v) is 14.5. The van der Waals surface area contributed by atoms with Crippen LogP contribution in [0.3, 0.4) is 0 Å². The summed E-state index contributed by atoms with van der Waals surface area (Å²) in [5.41, 5.74) is 6.67. The molecule has 142 valence electrons. The predicted molar refractivity (Wildman–Crippen MR) is 84.9 cm³/mol. The van der Waals surface area contributed by atoms with Crippen LogP contribution < -0.4 is 5.73 Å². The number of carbonyl (C=O) groups excluding carboxylic acids is 2. The third-order valence-corrected chi connectivity index (χ3v) is 5.23. The van der Waals surface area contributed by atoms with Crippen molar-refractivity contribution in [1.29, 1.82) is 0 Å². The molecule has 0 aliphatic carbocycles. The molecule has 1 aromatic heterocycles. The Morgan fingerprint density at radius 1 is 1.38 bits per heavy atom. The van der Waals surface area contributed by atoms with Gasteiger partial charge in [-0.25, -0.2) is 9.59 Å². The van der Waals surface area contributed by atoms with Gasteiger partial charge in [0, 0.05) is 31.4 Å². The minimum absolute atomic E-state index is 0.0418. The fourth-order valence-corrected chi connectivity index (χ4v) is 4.09. The number of nitrogens with two attached hydrogens (primary N) is 1. The van der Waals surface area contributed by atoms with Gasteiger partial charge in [-0.1, -0.05) is 0 Å². The summed E-state index contributed by atoms with van der Waals surface area (Å²) in [6.45, 7) is 1.46. The van der Waals surface area contributed by atoms with Crippen LogP contribution in [0, 0.1) is 0 Å². The number of rotatable bonds is 3. The molecule has 26 heavy (non-hydrogen) atoms. The summed E-state index contributed by atoms with van der Waals surface area (Å²) in [5, 5.41) is 4.89. The van der Waals surface area contributed by atoms with Crippen molar-refractivity contribution in [2.45, 2.75) is 24.9 Å². The van der Waals surface area contributed by atoms with Crippen LogP contribution in [0.4, 0.5) is 9.59 Å². The zero-order chi connectivity index (χ0) is 18.6. The van der Waals surface area contributed by atoms with Crippen molar-refractivity contribution in [2.75, 3.05) is 26.2 Å². The largest absolute Gasteiger partial charge is 0.418 e. The van der Waals surface area contributed by atoms with Crippen LogP contribution in [0.1, 0.15) is 36.2 Å². The van der Waals surface area contributed by atoms with Crippen LogP contribution in [-0.4, -0.2) is 75.9 Å². The average molecular weight is 386 g/mol. The number of hydroxylamine groups is 2. The van der Waals surface area contributed by atoms with E-state index < -0.39 is 28.5 Å². The highest BCUT2D eigenvalue weighted by molar-refractivity contribution is 7.80. The molecular weight excluding hydrogens is 368 g/mol. The Morgan fingerprint density at radius 3 is 2.69 bits per heavy atom. The second-order valence-electron chi connectivity index (χ2n) is 6.42. The Morgan fingerprint density at radius 2 is 2.08 bits per heavy atom. The standard InChI is InChI=1S/C13H18N6O6S/c14-5-9-11-8(6-18(15-11)12(20)16-3-1-2-4-16)10-7-17(9)13(21)19(10)25-26(22,23)24/h6,9-10H,1-5,7,14H2,(H,22,23,24)/t9?,10-/m1/s1. The first-order chi connectivity index (χ1) is 12.3. The molecule has 3 aliphatic rings. The lowest BCUT2D eigenvalue weighted by molar-refractivity contribution is -0.0317. The van der Waals surface area contributed by atoms with Crippen molar-refractivity contribution in [1.82, 2.24) is 24.6 Å². The van der Waals surface area contributed by atoms with E-state index in [-0.39, 0.29) is 19.1 Å². The van der Waals surface area contributed by atoms with Crippen LogP contribution >= 0.6 is 0 Å². The molecule has 0 aromatic carbocycles. The third-order valence-electron chi connectivity index (χ3n) is 4.88. The van der Waals surface area contributed by atoms with E-state index in [0.29, 0.717) is 29.4 Å². The normalized spacial score (nSPS) is 25.2. The maximum absolute atomic E-state index is 12.6. The molecule has 2 fully saturated rings. The van der Waals surface area contributed by atoms with Gasteiger partial charge in [0.2, 0.25) is 0 Å². The summed E-state index contributed by atoms with van der Waals surface area (Å²) in [6.07, 6.45) is 3.33. The first kappa shape index (κ1) is 17.2. The van der Waals surface area contributed by atoms with Gasteiger partial charge in [0.15, 0.2) is 0 Å². The van der Waals surface area contributed by atoms with E-state index in [2.05, 4.69) is 9.38 Å². The minimum atomic E-state index is -4.88. The van der Waals surface area contributed by atoms with E-state index in [1.165, 1.54) is 15.8 Å². The topological polar surface area (TPSA) is 151 Å².